The Morgan fingerprint density at radius 1 is 0.667 bits per heavy atom. The highest BCUT2D eigenvalue weighted by Gasteiger charge is 2.28. The molecule has 98 valence electrons. The summed E-state index contributed by atoms with van der Waals surface area (Å²) in [5.74, 6) is 1.14. The van der Waals surface area contributed by atoms with Crippen molar-refractivity contribution < 1.29 is 0 Å². The van der Waals surface area contributed by atoms with Crippen molar-refractivity contribution >= 4 is 0 Å². The van der Waals surface area contributed by atoms with Crippen molar-refractivity contribution in [2.24, 2.45) is 0 Å². The van der Waals surface area contributed by atoms with E-state index < -0.39 is 0 Å². The molecule has 0 aliphatic carbocycles. The van der Waals surface area contributed by atoms with Gasteiger partial charge in [0.05, 0.1) is 11.1 Å². The highest BCUT2D eigenvalue weighted by molar-refractivity contribution is 5.42. The van der Waals surface area contributed by atoms with E-state index in [1.165, 1.54) is 0 Å². The molecule has 2 aromatic rings. The van der Waals surface area contributed by atoms with Crippen molar-refractivity contribution in [1.29, 1.82) is 0 Å². The lowest BCUT2D eigenvalue weighted by molar-refractivity contribution is 0.335. The largest absolute Gasteiger partial charge is 0.222 e. The molecular weight excluding hydrogens is 232 g/mol. The summed E-state index contributed by atoms with van der Waals surface area (Å²) in [5, 5.41) is 23.5. The molecule has 2 heterocycles. The molecule has 0 aliphatic heterocycles. The third kappa shape index (κ3) is 2.09. The Bertz CT molecular complexity index is 488. The van der Waals surface area contributed by atoms with Gasteiger partial charge in [0.2, 0.25) is 11.6 Å². The molecule has 8 nitrogen and oxygen atoms in total. The highest BCUT2D eigenvalue weighted by atomic mass is 15.6. The average Bonchev–Trinajstić information content (AvgIpc) is 2.83. The Labute approximate surface area is 105 Å². The van der Waals surface area contributed by atoms with Crippen LogP contribution in [0.4, 0.5) is 0 Å². The first-order valence-corrected chi connectivity index (χ1v) is 5.79. The van der Waals surface area contributed by atoms with Gasteiger partial charge in [0.15, 0.2) is 0 Å². The summed E-state index contributed by atoms with van der Waals surface area (Å²) in [5.41, 5.74) is -0.457. The van der Waals surface area contributed by atoms with Gasteiger partial charge in [-0.3, -0.25) is 0 Å². The van der Waals surface area contributed by atoms with Gasteiger partial charge in [0.25, 0.3) is 0 Å². The van der Waals surface area contributed by atoms with Crippen LogP contribution in [-0.4, -0.2) is 40.4 Å². The number of nitrogens with zero attached hydrogens (tertiary/aromatic N) is 8. The van der Waals surface area contributed by atoms with Gasteiger partial charge >= 0.3 is 0 Å². The van der Waals surface area contributed by atoms with Crippen LogP contribution in [0.1, 0.15) is 41.5 Å². The normalized spacial score (nSPS) is 13.0. The molecule has 18 heavy (non-hydrogen) atoms. The summed E-state index contributed by atoms with van der Waals surface area (Å²) in [7, 11) is 0. The molecule has 0 unspecified atom stereocenters. The van der Waals surface area contributed by atoms with Crippen LogP contribution < -0.4 is 0 Å². The van der Waals surface area contributed by atoms with Crippen molar-refractivity contribution in [2.75, 3.05) is 0 Å². The Kier molecular flexibility index (Phi) is 2.67. The smallest absolute Gasteiger partial charge is 0.217 e. The quantitative estimate of drug-likeness (QED) is 0.745. The van der Waals surface area contributed by atoms with Gasteiger partial charge in [-0.2, -0.15) is 0 Å². The molecule has 0 amide bonds. The Hall–Kier alpha value is -1.86. The summed E-state index contributed by atoms with van der Waals surface area (Å²) in [6.07, 6.45) is 0. The molecule has 0 atom stereocenters. The first kappa shape index (κ1) is 12.6. The summed E-state index contributed by atoms with van der Waals surface area (Å²) >= 11 is 0. The molecule has 0 radical (unpaired) electrons. The van der Waals surface area contributed by atoms with E-state index in [0.29, 0.717) is 11.6 Å². The lowest BCUT2D eigenvalue weighted by Crippen LogP contribution is -2.28. The van der Waals surface area contributed by atoms with Gasteiger partial charge < -0.3 is 0 Å². The number of rotatable bonds is 1. The van der Waals surface area contributed by atoms with E-state index >= 15 is 0 Å². The van der Waals surface area contributed by atoms with Crippen molar-refractivity contribution in [3.05, 3.63) is 0 Å². The van der Waals surface area contributed by atoms with Gasteiger partial charge in [-0.15, -0.1) is 10.2 Å². The molecule has 0 spiro atoms. The predicted octanol–water partition coefficient (Wildman–Crippen LogP) is 0.837. The minimum atomic E-state index is -0.229. The van der Waals surface area contributed by atoms with Crippen LogP contribution in [0.3, 0.4) is 0 Å². The molecule has 2 rings (SSSR count). The van der Waals surface area contributed by atoms with Gasteiger partial charge in [-0.1, -0.05) is 0 Å². The molecule has 0 saturated carbocycles. The fourth-order valence-electron chi connectivity index (χ4n) is 1.56. The average molecular weight is 250 g/mol. The van der Waals surface area contributed by atoms with Crippen LogP contribution in [0, 0.1) is 0 Å². The van der Waals surface area contributed by atoms with Crippen LogP contribution in [0.2, 0.25) is 0 Å². The molecule has 0 N–H and O–H groups in total. The fourth-order valence-corrected chi connectivity index (χ4v) is 1.56. The first-order valence-electron chi connectivity index (χ1n) is 5.79. The second-order valence-corrected chi connectivity index (χ2v) is 6.17. The second-order valence-electron chi connectivity index (χ2n) is 6.17. The SMILES string of the molecule is CC(C)(C)n1nnnc1-c1nnnn1C(C)(C)C. The third-order valence-corrected chi connectivity index (χ3v) is 2.41. The van der Waals surface area contributed by atoms with Crippen molar-refractivity contribution in [2.45, 2.75) is 52.6 Å². The van der Waals surface area contributed by atoms with E-state index in [4.69, 9.17) is 0 Å². The maximum Gasteiger partial charge on any atom is 0.222 e. The van der Waals surface area contributed by atoms with E-state index in [9.17, 15) is 0 Å². The van der Waals surface area contributed by atoms with E-state index in [1.807, 2.05) is 41.5 Å². The number of aromatic nitrogens is 8. The van der Waals surface area contributed by atoms with Gasteiger partial charge in [-0.05, 0) is 62.4 Å². The van der Waals surface area contributed by atoms with Gasteiger partial charge in [0.1, 0.15) is 0 Å². The predicted molar refractivity (Wildman–Crippen MR) is 64.6 cm³/mol. The van der Waals surface area contributed by atoms with Crippen molar-refractivity contribution in [3.8, 4) is 11.6 Å². The van der Waals surface area contributed by atoms with Crippen molar-refractivity contribution in [1.82, 2.24) is 40.4 Å². The monoisotopic (exact) mass is 250 g/mol. The van der Waals surface area contributed by atoms with Crippen LogP contribution in [0.25, 0.3) is 11.6 Å². The topological polar surface area (TPSA) is 87.2 Å². The molecule has 0 fully saturated rings. The van der Waals surface area contributed by atoms with E-state index in [-0.39, 0.29) is 11.1 Å². The molecule has 2 aromatic heterocycles. The van der Waals surface area contributed by atoms with E-state index in [1.54, 1.807) is 9.36 Å². The third-order valence-electron chi connectivity index (χ3n) is 2.41. The first-order chi connectivity index (χ1) is 8.21. The van der Waals surface area contributed by atoms with E-state index in [2.05, 4.69) is 31.1 Å². The maximum atomic E-state index is 4.04. The van der Waals surface area contributed by atoms with Gasteiger partial charge in [-0.25, -0.2) is 9.36 Å². The molecule has 0 aliphatic rings. The summed E-state index contributed by atoms with van der Waals surface area (Å²) < 4.78 is 3.45. The minimum absolute atomic E-state index is 0.229. The molecule has 0 saturated heterocycles. The van der Waals surface area contributed by atoms with E-state index in [0.717, 1.165) is 0 Å². The zero-order valence-electron chi connectivity index (χ0n) is 11.6. The van der Waals surface area contributed by atoms with Crippen molar-refractivity contribution in [3.63, 3.8) is 0 Å². The van der Waals surface area contributed by atoms with Crippen LogP contribution in [0.15, 0.2) is 0 Å². The fraction of sp³-hybridized carbons (Fsp3) is 0.800. The molecule has 8 heteroatoms. The Morgan fingerprint density at radius 3 is 1.28 bits per heavy atom. The van der Waals surface area contributed by atoms with Crippen LogP contribution in [0.5, 0.6) is 0 Å². The summed E-state index contributed by atoms with van der Waals surface area (Å²) in [6.45, 7) is 12.2. The van der Waals surface area contributed by atoms with Crippen LogP contribution >= 0.6 is 0 Å². The molecular formula is C10H18N8. The molecule has 0 bridgehead atoms. The second kappa shape index (κ2) is 3.82. The number of hydrogen-bond donors (Lipinski definition) is 0. The highest BCUT2D eigenvalue weighted by Crippen LogP contribution is 2.23. The standard InChI is InChI=1S/C10H18N8/c1-9(2,3)17-7(11-13-15-17)8-12-14-16-18(8)10(4,5)6/h1-6H3. The lowest BCUT2D eigenvalue weighted by atomic mass is 10.1. The maximum absolute atomic E-state index is 4.04. The zero-order chi connectivity index (χ0) is 13.6. The summed E-state index contributed by atoms with van der Waals surface area (Å²) in [6, 6.07) is 0. The zero-order valence-corrected chi connectivity index (χ0v) is 11.6. The summed E-state index contributed by atoms with van der Waals surface area (Å²) in [4.78, 5) is 0. The van der Waals surface area contributed by atoms with Crippen LogP contribution in [-0.2, 0) is 11.1 Å². The number of hydrogen-bond acceptors (Lipinski definition) is 6. The van der Waals surface area contributed by atoms with Gasteiger partial charge in [0, 0.05) is 0 Å². The lowest BCUT2D eigenvalue weighted by Gasteiger charge is -2.22. The molecule has 0 aromatic carbocycles. The Morgan fingerprint density at radius 2 is 1.00 bits per heavy atom. The Balaban J connectivity index is 2.58. The number of tetrazole rings is 2. The minimum Gasteiger partial charge on any atom is -0.217 e.